The summed E-state index contributed by atoms with van der Waals surface area (Å²) >= 11 is 3.24. The SMILES string of the molecule is CCC(O)(CC)CN1CCC(COc2ccc(Br)cc2F)CC1. The number of halogens is 2. The molecule has 2 rings (SSSR count). The normalized spacial score (nSPS) is 17.4. The first kappa shape index (κ1) is 18.7. The average Bonchev–Trinajstić information content (AvgIpc) is 2.55. The number of piperidine rings is 1. The highest BCUT2D eigenvalue weighted by Gasteiger charge is 2.28. The molecule has 0 bridgehead atoms. The molecule has 23 heavy (non-hydrogen) atoms. The fourth-order valence-electron chi connectivity index (χ4n) is 3.00. The third-order valence-electron chi connectivity index (χ3n) is 4.91. The Labute approximate surface area is 147 Å². The fourth-order valence-corrected chi connectivity index (χ4v) is 3.33. The summed E-state index contributed by atoms with van der Waals surface area (Å²) in [5.41, 5.74) is -0.566. The maximum Gasteiger partial charge on any atom is 0.166 e. The van der Waals surface area contributed by atoms with Gasteiger partial charge < -0.3 is 14.7 Å². The maximum atomic E-state index is 13.7. The lowest BCUT2D eigenvalue weighted by molar-refractivity contribution is -0.0133. The molecule has 5 heteroatoms. The van der Waals surface area contributed by atoms with Gasteiger partial charge in [0.2, 0.25) is 0 Å². The van der Waals surface area contributed by atoms with Crippen LogP contribution in [0.2, 0.25) is 0 Å². The molecular weight excluding hydrogens is 361 g/mol. The summed E-state index contributed by atoms with van der Waals surface area (Å²) in [4.78, 5) is 2.34. The van der Waals surface area contributed by atoms with Crippen molar-refractivity contribution in [1.29, 1.82) is 0 Å². The van der Waals surface area contributed by atoms with Crippen LogP contribution in [-0.2, 0) is 0 Å². The van der Waals surface area contributed by atoms with E-state index in [1.54, 1.807) is 12.1 Å². The van der Waals surface area contributed by atoms with Crippen molar-refractivity contribution >= 4 is 15.9 Å². The first-order valence-electron chi connectivity index (χ1n) is 8.48. The minimum absolute atomic E-state index is 0.321. The minimum atomic E-state index is -0.566. The van der Waals surface area contributed by atoms with E-state index in [0.717, 1.165) is 49.8 Å². The Morgan fingerprint density at radius 2 is 1.96 bits per heavy atom. The molecule has 0 radical (unpaired) electrons. The van der Waals surface area contributed by atoms with E-state index in [2.05, 4.69) is 20.8 Å². The molecule has 1 aromatic carbocycles. The summed E-state index contributed by atoms with van der Waals surface area (Å²) < 4.78 is 20.1. The second-order valence-electron chi connectivity index (χ2n) is 6.54. The molecule has 1 saturated heterocycles. The Kier molecular flexibility index (Phi) is 6.86. The van der Waals surface area contributed by atoms with Gasteiger partial charge in [0.1, 0.15) is 0 Å². The van der Waals surface area contributed by atoms with E-state index in [1.807, 2.05) is 13.8 Å². The summed E-state index contributed by atoms with van der Waals surface area (Å²) in [6, 6.07) is 4.88. The van der Waals surface area contributed by atoms with E-state index in [0.29, 0.717) is 18.3 Å². The molecule has 1 N–H and O–H groups in total. The lowest BCUT2D eigenvalue weighted by Gasteiger charge is -2.37. The largest absolute Gasteiger partial charge is 0.490 e. The molecule has 1 aliphatic heterocycles. The van der Waals surface area contributed by atoms with Gasteiger partial charge in [0.15, 0.2) is 11.6 Å². The van der Waals surface area contributed by atoms with Crippen molar-refractivity contribution in [3.05, 3.63) is 28.5 Å². The molecule has 0 saturated carbocycles. The second kappa shape index (κ2) is 8.45. The lowest BCUT2D eigenvalue weighted by Crippen LogP contribution is -2.46. The predicted molar refractivity (Wildman–Crippen MR) is 94.3 cm³/mol. The first-order chi connectivity index (χ1) is 11.0. The van der Waals surface area contributed by atoms with Gasteiger partial charge in [0, 0.05) is 11.0 Å². The van der Waals surface area contributed by atoms with Crippen LogP contribution < -0.4 is 4.74 Å². The molecule has 0 aliphatic carbocycles. The van der Waals surface area contributed by atoms with Gasteiger partial charge in [-0.3, -0.25) is 0 Å². The van der Waals surface area contributed by atoms with Crippen LogP contribution >= 0.6 is 15.9 Å². The van der Waals surface area contributed by atoms with E-state index >= 15 is 0 Å². The monoisotopic (exact) mass is 387 g/mol. The number of hydrogen-bond donors (Lipinski definition) is 1. The standard InChI is InChI=1S/C18H27BrFNO2/c1-3-18(22,4-2)13-21-9-7-14(8-10-21)12-23-17-6-5-15(19)11-16(17)20/h5-6,11,14,22H,3-4,7-10,12-13H2,1-2H3. The zero-order valence-corrected chi connectivity index (χ0v) is 15.6. The van der Waals surface area contributed by atoms with Crippen molar-refractivity contribution in [2.45, 2.75) is 45.1 Å². The van der Waals surface area contributed by atoms with Crippen LogP contribution in [0.15, 0.2) is 22.7 Å². The Bertz CT molecular complexity index is 500. The molecule has 1 aromatic rings. The Morgan fingerprint density at radius 3 is 2.52 bits per heavy atom. The van der Waals surface area contributed by atoms with Gasteiger partial charge in [-0.05, 0) is 62.9 Å². The van der Waals surface area contributed by atoms with Gasteiger partial charge in [-0.1, -0.05) is 29.8 Å². The summed E-state index contributed by atoms with van der Waals surface area (Å²) in [6.45, 7) is 7.32. The topological polar surface area (TPSA) is 32.7 Å². The average molecular weight is 388 g/mol. The molecule has 0 atom stereocenters. The Balaban J connectivity index is 1.76. The highest BCUT2D eigenvalue weighted by atomic mass is 79.9. The molecule has 0 amide bonds. The van der Waals surface area contributed by atoms with Crippen molar-refractivity contribution in [2.75, 3.05) is 26.2 Å². The quantitative estimate of drug-likeness (QED) is 0.759. The van der Waals surface area contributed by atoms with Crippen LogP contribution in [0.3, 0.4) is 0 Å². The molecule has 0 unspecified atom stereocenters. The number of β-amino-alcohol motifs (C(OH)–C–C–N with tert-alkyl or cyclic N) is 1. The molecule has 0 spiro atoms. The Hall–Kier alpha value is -0.650. The zero-order chi connectivity index (χ0) is 16.9. The summed E-state index contributed by atoms with van der Waals surface area (Å²) in [7, 11) is 0. The lowest BCUT2D eigenvalue weighted by atomic mass is 9.93. The van der Waals surface area contributed by atoms with Crippen molar-refractivity contribution in [1.82, 2.24) is 4.90 Å². The van der Waals surface area contributed by atoms with Crippen LogP contribution in [0.4, 0.5) is 4.39 Å². The highest BCUT2D eigenvalue weighted by Crippen LogP contribution is 2.25. The van der Waals surface area contributed by atoms with Gasteiger partial charge in [-0.15, -0.1) is 0 Å². The predicted octanol–water partition coefficient (Wildman–Crippen LogP) is 4.23. The Morgan fingerprint density at radius 1 is 1.30 bits per heavy atom. The molecule has 1 aliphatic rings. The minimum Gasteiger partial charge on any atom is -0.490 e. The second-order valence-corrected chi connectivity index (χ2v) is 7.45. The first-order valence-corrected chi connectivity index (χ1v) is 9.27. The summed E-state index contributed by atoms with van der Waals surface area (Å²) in [5.74, 6) is 0.445. The third-order valence-corrected chi connectivity index (χ3v) is 5.40. The molecule has 3 nitrogen and oxygen atoms in total. The van der Waals surface area contributed by atoms with Crippen molar-refractivity contribution < 1.29 is 14.2 Å². The number of aliphatic hydroxyl groups is 1. The highest BCUT2D eigenvalue weighted by molar-refractivity contribution is 9.10. The van der Waals surface area contributed by atoms with Crippen LogP contribution in [0, 0.1) is 11.7 Å². The number of likely N-dealkylation sites (tertiary alicyclic amines) is 1. The van der Waals surface area contributed by atoms with Crippen molar-refractivity contribution in [3.8, 4) is 5.75 Å². The van der Waals surface area contributed by atoms with E-state index in [1.165, 1.54) is 6.07 Å². The number of nitrogens with zero attached hydrogens (tertiary/aromatic N) is 1. The number of rotatable bonds is 7. The molecule has 1 heterocycles. The maximum absolute atomic E-state index is 13.7. The van der Waals surface area contributed by atoms with Crippen LogP contribution in [0.25, 0.3) is 0 Å². The smallest absolute Gasteiger partial charge is 0.166 e. The summed E-state index contributed by atoms with van der Waals surface area (Å²) in [5, 5.41) is 10.4. The molecule has 130 valence electrons. The van der Waals surface area contributed by atoms with E-state index in [9.17, 15) is 9.50 Å². The van der Waals surface area contributed by atoms with Gasteiger partial charge in [0.05, 0.1) is 12.2 Å². The molecule has 0 aromatic heterocycles. The zero-order valence-electron chi connectivity index (χ0n) is 14.0. The van der Waals surface area contributed by atoms with Crippen LogP contribution in [0.1, 0.15) is 39.5 Å². The van der Waals surface area contributed by atoms with E-state index < -0.39 is 5.60 Å². The van der Waals surface area contributed by atoms with E-state index in [-0.39, 0.29) is 5.82 Å². The van der Waals surface area contributed by atoms with Crippen LogP contribution in [-0.4, -0.2) is 41.8 Å². The van der Waals surface area contributed by atoms with Crippen molar-refractivity contribution in [2.24, 2.45) is 5.92 Å². The van der Waals surface area contributed by atoms with Crippen molar-refractivity contribution in [3.63, 3.8) is 0 Å². The number of ether oxygens (including phenoxy) is 1. The fraction of sp³-hybridized carbons (Fsp3) is 0.667. The van der Waals surface area contributed by atoms with Gasteiger partial charge in [0.25, 0.3) is 0 Å². The van der Waals surface area contributed by atoms with E-state index in [4.69, 9.17) is 4.74 Å². The van der Waals surface area contributed by atoms with Crippen LogP contribution in [0.5, 0.6) is 5.75 Å². The third kappa shape index (κ3) is 5.44. The molecular formula is C18H27BrFNO2. The molecule has 1 fully saturated rings. The number of hydrogen-bond acceptors (Lipinski definition) is 3. The number of benzene rings is 1. The van der Waals surface area contributed by atoms with Gasteiger partial charge in [-0.2, -0.15) is 0 Å². The van der Waals surface area contributed by atoms with Gasteiger partial charge >= 0.3 is 0 Å². The van der Waals surface area contributed by atoms with Gasteiger partial charge in [-0.25, -0.2) is 4.39 Å². The summed E-state index contributed by atoms with van der Waals surface area (Å²) in [6.07, 6.45) is 3.63.